The molecule has 0 unspecified atom stereocenters. The first-order valence-corrected chi connectivity index (χ1v) is 11.3. The summed E-state index contributed by atoms with van der Waals surface area (Å²) in [5.74, 6) is 0.483. The maximum atomic E-state index is 12.5. The molecule has 7 nitrogen and oxygen atoms in total. The van der Waals surface area contributed by atoms with Crippen LogP contribution in [0, 0.1) is 13.8 Å². The van der Waals surface area contributed by atoms with E-state index in [0.29, 0.717) is 23.1 Å². The van der Waals surface area contributed by atoms with Crippen molar-refractivity contribution in [1.29, 1.82) is 0 Å². The number of allylic oxidation sites excluding steroid dienone is 1. The first-order valence-electron chi connectivity index (χ1n) is 10.3. The Labute approximate surface area is 192 Å². The summed E-state index contributed by atoms with van der Waals surface area (Å²) < 4.78 is 1.86. The number of hydrogen-bond acceptors (Lipinski definition) is 5. The number of aromatic nitrogens is 3. The van der Waals surface area contributed by atoms with Gasteiger partial charge in [0.1, 0.15) is 0 Å². The minimum atomic E-state index is -0.367. The standard InChI is InChI=1S/C24H27N5O2S/c1-5-13-29-22(18(4)25-23(31)19-9-7-6-8-10-19)27-28-24(29)32-15-21(30)26-20-14-16(2)11-12-17(20)3/h5-12,14,18H,1,13,15H2,2-4H3,(H,25,31)(H,26,30)/t18-/m0/s1. The lowest BCUT2D eigenvalue weighted by Gasteiger charge is -2.15. The molecule has 2 amide bonds. The third kappa shape index (κ3) is 5.85. The maximum absolute atomic E-state index is 12.5. The number of aryl methyl sites for hydroxylation is 2. The summed E-state index contributed by atoms with van der Waals surface area (Å²) in [6.07, 6.45) is 1.73. The molecule has 1 aromatic heterocycles. The van der Waals surface area contributed by atoms with E-state index in [1.54, 1.807) is 18.2 Å². The van der Waals surface area contributed by atoms with Crippen LogP contribution in [-0.4, -0.2) is 32.3 Å². The van der Waals surface area contributed by atoms with Crippen molar-refractivity contribution < 1.29 is 9.59 Å². The summed E-state index contributed by atoms with van der Waals surface area (Å²) in [5, 5.41) is 15.0. The molecule has 3 aromatic rings. The van der Waals surface area contributed by atoms with Gasteiger partial charge < -0.3 is 15.2 Å². The zero-order chi connectivity index (χ0) is 23.1. The fourth-order valence-corrected chi connectivity index (χ4v) is 3.90. The summed E-state index contributed by atoms with van der Waals surface area (Å²) in [7, 11) is 0. The molecule has 0 radical (unpaired) electrons. The number of nitrogens with zero attached hydrogens (tertiary/aromatic N) is 3. The second kappa shape index (κ2) is 10.8. The van der Waals surface area contributed by atoms with Crippen molar-refractivity contribution in [3.63, 3.8) is 0 Å². The van der Waals surface area contributed by atoms with E-state index in [1.807, 2.05) is 61.7 Å². The van der Waals surface area contributed by atoms with E-state index in [-0.39, 0.29) is 23.6 Å². The van der Waals surface area contributed by atoms with Gasteiger partial charge in [0.2, 0.25) is 5.91 Å². The molecule has 0 saturated carbocycles. The Morgan fingerprint density at radius 3 is 2.62 bits per heavy atom. The molecule has 0 aliphatic rings. The molecule has 1 atom stereocenters. The number of amides is 2. The first-order chi connectivity index (χ1) is 15.4. The van der Waals surface area contributed by atoms with Crippen molar-refractivity contribution in [3.05, 3.63) is 83.7 Å². The minimum Gasteiger partial charge on any atom is -0.342 e. The molecule has 3 rings (SSSR count). The Morgan fingerprint density at radius 1 is 1.16 bits per heavy atom. The number of carbonyl (C=O) groups is 2. The minimum absolute atomic E-state index is 0.121. The molecule has 0 aliphatic carbocycles. The molecule has 2 aromatic carbocycles. The third-order valence-corrected chi connectivity index (χ3v) is 5.79. The highest BCUT2D eigenvalue weighted by Crippen LogP contribution is 2.22. The van der Waals surface area contributed by atoms with Gasteiger partial charge in [-0.25, -0.2) is 0 Å². The lowest BCUT2D eigenvalue weighted by Crippen LogP contribution is -2.28. The zero-order valence-electron chi connectivity index (χ0n) is 18.5. The summed E-state index contributed by atoms with van der Waals surface area (Å²) >= 11 is 1.29. The second-order valence-corrected chi connectivity index (χ2v) is 8.40. The Morgan fingerprint density at radius 2 is 1.91 bits per heavy atom. The number of rotatable bonds is 9. The van der Waals surface area contributed by atoms with E-state index in [2.05, 4.69) is 27.4 Å². The fraction of sp³-hybridized carbons (Fsp3) is 0.250. The summed E-state index contributed by atoms with van der Waals surface area (Å²) in [4.78, 5) is 25.0. The van der Waals surface area contributed by atoms with E-state index in [9.17, 15) is 9.59 Å². The third-order valence-electron chi connectivity index (χ3n) is 4.83. The van der Waals surface area contributed by atoms with Crippen molar-refractivity contribution in [2.24, 2.45) is 0 Å². The average molecular weight is 450 g/mol. The van der Waals surface area contributed by atoms with Crippen molar-refractivity contribution in [2.45, 2.75) is 38.5 Å². The number of hydrogen-bond donors (Lipinski definition) is 2. The van der Waals surface area contributed by atoms with E-state index < -0.39 is 0 Å². The molecule has 0 fully saturated rings. The molecule has 2 N–H and O–H groups in total. The zero-order valence-corrected chi connectivity index (χ0v) is 19.3. The number of thioether (sulfide) groups is 1. The van der Waals surface area contributed by atoms with Gasteiger partial charge in [-0.05, 0) is 50.1 Å². The van der Waals surface area contributed by atoms with Gasteiger partial charge in [-0.1, -0.05) is 48.2 Å². The van der Waals surface area contributed by atoms with E-state index in [4.69, 9.17) is 0 Å². The molecule has 8 heteroatoms. The highest BCUT2D eigenvalue weighted by atomic mass is 32.2. The predicted octanol–water partition coefficient (Wildman–Crippen LogP) is 4.30. The first kappa shape index (κ1) is 23.3. The van der Waals surface area contributed by atoms with Crippen molar-refractivity contribution >= 4 is 29.3 Å². The highest BCUT2D eigenvalue weighted by molar-refractivity contribution is 7.99. The van der Waals surface area contributed by atoms with Crippen LogP contribution < -0.4 is 10.6 Å². The largest absolute Gasteiger partial charge is 0.342 e. The molecule has 0 spiro atoms. The van der Waals surface area contributed by atoms with Crippen LogP contribution in [0.2, 0.25) is 0 Å². The van der Waals surface area contributed by atoms with Gasteiger partial charge in [-0.2, -0.15) is 0 Å². The van der Waals surface area contributed by atoms with Gasteiger partial charge in [0.25, 0.3) is 5.91 Å². The Balaban J connectivity index is 1.67. The van der Waals surface area contributed by atoms with Crippen LogP contribution in [0.15, 0.2) is 66.3 Å². The predicted molar refractivity (Wildman–Crippen MR) is 128 cm³/mol. The molecular weight excluding hydrogens is 422 g/mol. The van der Waals surface area contributed by atoms with Crippen LogP contribution >= 0.6 is 11.8 Å². The van der Waals surface area contributed by atoms with Gasteiger partial charge in [-0.15, -0.1) is 16.8 Å². The lowest BCUT2D eigenvalue weighted by atomic mass is 10.1. The molecular formula is C24H27N5O2S. The van der Waals surface area contributed by atoms with E-state index in [0.717, 1.165) is 16.8 Å². The maximum Gasteiger partial charge on any atom is 0.251 e. The number of benzene rings is 2. The second-order valence-electron chi connectivity index (χ2n) is 7.46. The molecule has 0 bridgehead atoms. The monoisotopic (exact) mass is 449 g/mol. The van der Waals surface area contributed by atoms with Gasteiger partial charge in [0.15, 0.2) is 11.0 Å². The van der Waals surface area contributed by atoms with E-state index in [1.165, 1.54) is 11.8 Å². The number of nitrogens with one attached hydrogen (secondary N) is 2. The molecule has 0 saturated heterocycles. The topological polar surface area (TPSA) is 88.9 Å². The van der Waals surface area contributed by atoms with Crippen LogP contribution in [0.5, 0.6) is 0 Å². The van der Waals surface area contributed by atoms with Gasteiger partial charge in [0.05, 0.1) is 11.8 Å². The molecule has 32 heavy (non-hydrogen) atoms. The SMILES string of the molecule is C=CCn1c(SCC(=O)Nc2cc(C)ccc2C)nnc1[C@H](C)NC(=O)c1ccccc1. The fourth-order valence-electron chi connectivity index (χ4n) is 3.15. The van der Waals surface area contributed by atoms with Crippen LogP contribution in [0.3, 0.4) is 0 Å². The Bertz CT molecular complexity index is 1110. The number of carbonyl (C=O) groups excluding carboxylic acids is 2. The Hall–Kier alpha value is -3.39. The lowest BCUT2D eigenvalue weighted by molar-refractivity contribution is -0.113. The highest BCUT2D eigenvalue weighted by Gasteiger charge is 2.20. The van der Waals surface area contributed by atoms with Crippen LogP contribution in [0.4, 0.5) is 5.69 Å². The van der Waals surface area contributed by atoms with Crippen molar-refractivity contribution in [3.8, 4) is 0 Å². The Kier molecular flexibility index (Phi) is 7.83. The van der Waals surface area contributed by atoms with Crippen LogP contribution in [0.1, 0.15) is 40.3 Å². The van der Waals surface area contributed by atoms with Gasteiger partial charge >= 0.3 is 0 Å². The van der Waals surface area contributed by atoms with Gasteiger partial charge in [-0.3, -0.25) is 9.59 Å². The van der Waals surface area contributed by atoms with Crippen LogP contribution in [0.25, 0.3) is 0 Å². The van der Waals surface area contributed by atoms with Crippen LogP contribution in [-0.2, 0) is 11.3 Å². The summed E-state index contributed by atoms with van der Waals surface area (Å²) in [6.45, 7) is 10.1. The molecule has 166 valence electrons. The quantitative estimate of drug-likeness (QED) is 0.376. The van der Waals surface area contributed by atoms with Crippen molar-refractivity contribution in [1.82, 2.24) is 20.1 Å². The summed E-state index contributed by atoms with van der Waals surface area (Å²) in [5.41, 5.74) is 3.47. The average Bonchev–Trinajstić information content (AvgIpc) is 3.18. The number of anilines is 1. The normalized spacial score (nSPS) is 11.6. The van der Waals surface area contributed by atoms with Crippen molar-refractivity contribution in [2.75, 3.05) is 11.1 Å². The smallest absolute Gasteiger partial charge is 0.251 e. The van der Waals surface area contributed by atoms with Gasteiger partial charge in [0, 0.05) is 17.8 Å². The van der Waals surface area contributed by atoms with E-state index >= 15 is 0 Å². The molecule has 0 aliphatic heterocycles. The molecule has 1 heterocycles. The summed E-state index contributed by atoms with van der Waals surface area (Å²) in [6, 6.07) is 14.6.